The second-order valence-corrected chi connectivity index (χ2v) is 10.8. The van der Waals surface area contributed by atoms with Gasteiger partial charge in [-0.2, -0.15) is 0 Å². The van der Waals surface area contributed by atoms with Crippen LogP contribution in [0.5, 0.6) is 5.75 Å². The number of hydrogen-bond acceptors (Lipinski definition) is 6. The molecule has 2 aliphatic rings. The van der Waals surface area contributed by atoms with Gasteiger partial charge in [-0.3, -0.25) is 14.7 Å². The minimum atomic E-state index is -0.350. The molecule has 0 spiro atoms. The molecule has 1 aromatic carbocycles. The molecule has 0 bridgehead atoms. The first-order valence-electron chi connectivity index (χ1n) is 13.7. The van der Waals surface area contributed by atoms with Crippen LogP contribution < -0.4 is 15.4 Å². The molecular formula is C29H41N5O4. The van der Waals surface area contributed by atoms with Crippen LogP contribution in [0.2, 0.25) is 0 Å². The third-order valence-corrected chi connectivity index (χ3v) is 7.56. The molecule has 1 aromatic heterocycles. The summed E-state index contributed by atoms with van der Waals surface area (Å²) in [5.41, 5.74) is 2.08. The van der Waals surface area contributed by atoms with Gasteiger partial charge in [0.05, 0.1) is 18.2 Å². The summed E-state index contributed by atoms with van der Waals surface area (Å²) in [6, 6.07) is 8.79. The van der Waals surface area contributed by atoms with E-state index in [2.05, 4.69) is 27.4 Å². The monoisotopic (exact) mass is 523 g/mol. The van der Waals surface area contributed by atoms with Crippen molar-refractivity contribution in [3.63, 3.8) is 0 Å². The Morgan fingerprint density at radius 2 is 1.95 bits per heavy atom. The molecule has 206 valence electrons. The predicted molar refractivity (Wildman–Crippen MR) is 147 cm³/mol. The van der Waals surface area contributed by atoms with Crippen molar-refractivity contribution < 1.29 is 19.4 Å². The molecule has 2 aromatic rings. The fourth-order valence-corrected chi connectivity index (χ4v) is 5.29. The normalized spacial score (nSPS) is 21.2. The minimum absolute atomic E-state index is 0.0278. The van der Waals surface area contributed by atoms with Gasteiger partial charge in [-0.05, 0) is 62.7 Å². The molecule has 2 heterocycles. The molecule has 1 aliphatic heterocycles. The average molecular weight is 524 g/mol. The number of aliphatic hydroxyl groups is 1. The zero-order valence-electron chi connectivity index (χ0n) is 22.7. The zero-order chi connectivity index (χ0) is 27.1. The van der Waals surface area contributed by atoms with Gasteiger partial charge in [-0.1, -0.05) is 26.2 Å². The van der Waals surface area contributed by atoms with E-state index in [1.165, 1.54) is 6.42 Å². The molecule has 38 heavy (non-hydrogen) atoms. The van der Waals surface area contributed by atoms with E-state index in [0.29, 0.717) is 30.1 Å². The summed E-state index contributed by atoms with van der Waals surface area (Å²) in [4.78, 5) is 34.3. The molecule has 9 nitrogen and oxygen atoms in total. The van der Waals surface area contributed by atoms with Gasteiger partial charge in [-0.15, -0.1) is 0 Å². The molecule has 3 amide bonds. The summed E-state index contributed by atoms with van der Waals surface area (Å²) in [5, 5.41) is 15.8. The summed E-state index contributed by atoms with van der Waals surface area (Å²) in [7, 11) is 2.05. The summed E-state index contributed by atoms with van der Waals surface area (Å²) in [5.74, 6) is 0.297. The lowest BCUT2D eigenvalue weighted by Gasteiger charge is -2.38. The Labute approximate surface area is 225 Å². The minimum Gasteiger partial charge on any atom is -0.488 e. The van der Waals surface area contributed by atoms with Crippen LogP contribution in [0.25, 0.3) is 0 Å². The number of urea groups is 1. The molecule has 0 unspecified atom stereocenters. The maximum atomic E-state index is 13.7. The average Bonchev–Trinajstić information content (AvgIpc) is 2.91. The van der Waals surface area contributed by atoms with Crippen LogP contribution in [0.15, 0.2) is 42.7 Å². The number of aliphatic hydroxyl groups excluding tert-OH is 1. The predicted octanol–water partition coefficient (Wildman–Crippen LogP) is 3.89. The van der Waals surface area contributed by atoms with E-state index in [0.717, 1.165) is 37.8 Å². The molecule has 0 saturated heterocycles. The molecule has 3 N–H and O–H groups in total. The number of rotatable bonds is 8. The van der Waals surface area contributed by atoms with Crippen LogP contribution in [0, 0.1) is 5.92 Å². The second-order valence-electron chi connectivity index (χ2n) is 10.8. The largest absolute Gasteiger partial charge is 0.488 e. The Bertz CT molecular complexity index is 1080. The van der Waals surface area contributed by atoms with Gasteiger partial charge < -0.3 is 25.4 Å². The lowest BCUT2D eigenvalue weighted by Crippen LogP contribution is -2.49. The molecule has 1 fully saturated rings. The van der Waals surface area contributed by atoms with Crippen molar-refractivity contribution in [2.75, 3.05) is 32.1 Å². The first kappa shape index (κ1) is 27.9. The van der Waals surface area contributed by atoms with E-state index >= 15 is 0 Å². The highest BCUT2D eigenvalue weighted by Gasteiger charge is 2.33. The van der Waals surface area contributed by atoms with Crippen molar-refractivity contribution in [3.8, 4) is 5.75 Å². The number of amides is 3. The van der Waals surface area contributed by atoms with Gasteiger partial charge in [-0.25, -0.2) is 4.79 Å². The Hall–Kier alpha value is -3.17. The number of carbonyl (C=O) groups excluding carboxylic acids is 2. The van der Waals surface area contributed by atoms with Gasteiger partial charge in [0.1, 0.15) is 11.9 Å². The number of anilines is 1. The molecule has 9 heteroatoms. The SMILES string of the molecule is C[C@@H]1CN([C@H](C)CO)C(=O)c2cc(NC(=O)NC3CCCCC3)ccc2O[C@@H]1CN(C)Cc1ccncc1. The standard InChI is InChI=1S/C29H41N5O4/c1-20-16-34(21(2)19-35)28(36)25-15-24(32-29(37)31-23-7-5-4-6-8-23)9-10-26(25)38-27(20)18-33(3)17-22-11-13-30-14-12-22/h9-15,20-21,23,27,35H,4-8,16-19H2,1-3H3,(H2,31,32,37)/t20-,21-,27-/m1/s1. The number of fused-ring (bicyclic) bond motifs is 1. The van der Waals surface area contributed by atoms with E-state index in [4.69, 9.17) is 4.74 Å². The Balaban J connectivity index is 1.53. The van der Waals surface area contributed by atoms with Gasteiger partial charge in [0.2, 0.25) is 0 Å². The van der Waals surface area contributed by atoms with E-state index in [1.807, 2.05) is 26.1 Å². The number of nitrogens with zero attached hydrogens (tertiary/aromatic N) is 3. The van der Waals surface area contributed by atoms with Gasteiger partial charge >= 0.3 is 6.03 Å². The third-order valence-electron chi connectivity index (χ3n) is 7.56. The van der Waals surface area contributed by atoms with E-state index < -0.39 is 0 Å². The van der Waals surface area contributed by atoms with Crippen LogP contribution >= 0.6 is 0 Å². The van der Waals surface area contributed by atoms with Gasteiger partial charge in [0, 0.05) is 49.7 Å². The molecule has 4 rings (SSSR count). The van der Waals surface area contributed by atoms with Crippen LogP contribution in [-0.4, -0.2) is 76.8 Å². The van der Waals surface area contributed by atoms with E-state index in [-0.39, 0.29) is 42.7 Å². The summed E-state index contributed by atoms with van der Waals surface area (Å²) in [6.45, 7) is 5.64. The number of hydrogen-bond donors (Lipinski definition) is 3. The van der Waals surface area contributed by atoms with Gasteiger partial charge in [0.25, 0.3) is 5.91 Å². The van der Waals surface area contributed by atoms with Crippen molar-refractivity contribution in [2.24, 2.45) is 5.92 Å². The number of benzene rings is 1. The third kappa shape index (κ3) is 7.23. The Morgan fingerprint density at radius 1 is 1.21 bits per heavy atom. The molecule has 3 atom stereocenters. The molecule has 1 aliphatic carbocycles. The van der Waals surface area contributed by atoms with E-state index in [9.17, 15) is 14.7 Å². The molecule has 1 saturated carbocycles. The quantitative estimate of drug-likeness (QED) is 0.485. The fourth-order valence-electron chi connectivity index (χ4n) is 5.29. The van der Waals surface area contributed by atoms with Crippen LogP contribution in [0.1, 0.15) is 61.9 Å². The summed E-state index contributed by atoms with van der Waals surface area (Å²) >= 11 is 0. The lowest BCUT2D eigenvalue weighted by molar-refractivity contribution is 0.0341. The van der Waals surface area contributed by atoms with Crippen molar-refractivity contribution in [3.05, 3.63) is 53.9 Å². The number of pyridine rings is 1. The maximum absolute atomic E-state index is 13.7. The number of aromatic nitrogens is 1. The van der Waals surface area contributed by atoms with Crippen LogP contribution in [-0.2, 0) is 6.54 Å². The smallest absolute Gasteiger partial charge is 0.319 e. The Morgan fingerprint density at radius 3 is 2.66 bits per heavy atom. The second kappa shape index (κ2) is 13.1. The highest BCUT2D eigenvalue weighted by atomic mass is 16.5. The Kier molecular flexibility index (Phi) is 9.58. The molecular weight excluding hydrogens is 482 g/mol. The summed E-state index contributed by atoms with van der Waals surface area (Å²) in [6.07, 6.45) is 8.85. The topological polar surface area (TPSA) is 107 Å². The van der Waals surface area contributed by atoms with Crippen molar-refractivity contribution >= 4 is 17.6 Å². The summed E-state index contributed by atoms with van der Waals surface area (Å²) < 4.78 is 6.48. The van der Waals surface area contributed by atoms with Crippen molar-refractivity contribution in [1.82, 2.24) is 20.1 Å². The zero-order valence-corrected chi connectivity index (χ0v) is 22.7. The number of likely N-dealkylation sites (N-methyl/N-ethyl adjacent to an activating group) is 1. The highest BCUT2D eigenvalue weighted by molar-refractivity contribution is 5.99. The van der Waals surface area contributed by atoms with Crippen LogP contribution in [0.4, 0.5) is 10.5 Å². The van der Waals surface area contributed by atoms with Gasteiger partial charge in [0.15, 0.2) is 0 Å². The lowest BCUT2D eigenvalue weighted by atomic mass is 9.96. The number of ether oxygens (including phenoxy) is 1. The molecule has 0 radical (unpaired) electrons. The van der Waals surface area contributed by atoms with Crippen molar-refractivity contribution in [1.29, 1.82) is 0 Å². The van der Waals surface area contributed by atoms with E-state index in [1.54, 1.807) is 35.5 Å². The number of carbonyl (C=O) groups is 2. The van der Waals surface area contributed by atoms with Crippen LogP contribution in [0.3, 0.4) is 0 Å². The number of nitrogens with one attached hydrogen (secondary N) is 2. The maximum Gasteiger partial charge on any atom is 0.319 e. The van der Waals surface area contributed by atoms with Crippen molar-refractivity contribution in [2.45, 2.75) is 70.7 Å². The first-order valence-corrected chi connectivity index (χ1v) is 13.7. The first-order chi connectivity index (χ1) is 18.3. The highest BCUT2D eigenvalue weighted by Crippen LogP contribution is 2.31. The fraction of sp³-hybridized carbons (Fsp3) is 0.552.